The Bertz CT molecular complexity index is 1450. The van der Waals surface area contributed by atoms with E-state index >= 15 is 4.39 Å². The molecule has 0 radical (unpaired) electrons. The number of amides is 1. The molecule has 2 aliphatic rings. The zero-order chi connectivity index (χ0) is 27.5. The Labute approximate surface area is 227 Å². The number of carbonyl (C=O) groups is 1. The summed E-state index contributed by atoms with van der Waals surface area (Å²) in [5.41, 5.74) is 2.41. The van der Waals surface area contributed by atoms with E-state index in [9.17, 15) is 4.79 Å². The number of benzene rings is 1. The molecule has 1 aliphatic carbocycles. The molecular weight excluding hydrogens is 497 g/mol. The third kappa shape index (κ3) is 6.46. The highest BCUT2D eigenvalue weighted by molar-refractivity contribution is 5.83. The smallest absolute Gasteiger partial charge is 0.233 e. The number of carbonyl (C=O) groups excluding carboxylic acids is 1. The van der Waals surface area contributed by atoms with Crippen molar-refractivity contribution >= 4 is 34.3 Å². The summed E-state index contributed by atoms with van der Waals surface area (Å²) in [5.74, 6) is 0.856. The van der Waals surface area contributed by atoms with Crippen LogP contribution in [0.4, 0.5) is 21.7 Å². The van der Waals surface area contributed by atoms with Crippen molar-refractivity contribution in [2.24, 2.45) is 0 Å². The molecule has 0 unspecified atom stereocenters. The van der Waals surface area contributed by atoms with E-state index in [1.165, 1.54) is 13.0 Å². The first-order valence-electron chi connectivity index (χ1n) is 13.1. The van der Waals surface area contributed by atoms with E-state index in [-0.39, 0.29) is 11.7 Å². The first kappa shape index (κ1) is 26.4. The van der Waals surface area contributed by atoms with Crippen molar-refractivity contribution in [1.29, 1.82) is 0 Å². The Morgan fingerprint density at radius 2 is 1.92 bits per heavy atom. The molecule has 3 aromatic rings. The number of allylic oxidation sites excluding steroid dienone is 4. The van der Waals surface area contributed by atoms with Gasteiger partial charge < -0.3 is 29.7 Å². The number of nitrogens with zero attached hydrogens (tertiary/aromatic N) is 5. The minimum atomic E-state index is -0.283. The van der Waals surface area contributed by atoms with Gasteiger partial charge in [-0.05, 0) is 63.2 Å². The van der Waals surface area contributed by atoms with Crippen molar-refractivity contribution in [3.63, 3.8) is 0 Å². The van der Waals surface area contributed by atoms with Crippen LogP contribution in [0.5, 0.6) is 5.88 Å². The van der Waals surface area contributed by atoms with Crippen molar-refractivity contribution in [2.45, 2.75) is 32.7 Å². The highest BCUT2D eigenvalue weighted by Crippen LogP contribution is 2.39. The fourth-order valence-electron chi connectivity index (χ4n) is 4.56. The van der Waals surface area contributed by atoms with Gasteiger partial charge in [0.05, 0.1) is 11.1 Å². The van der Waals surface area contributed by atoms with E-state index in [1.54, 1.807) is 24.3 Å². The standard InChI is InChI=1S/C29H34FN7O2/c1-19(31-21(3)38)6-5-7-20(2)39-28-24-12-13-37(23-9-10-23)27(24)33-29(34-28)32-22-8-11-26(25(30)18-22)36-16-14-35(4)15-17-36/h5-8,11-13,18,23H,1,9-10,14-17H2,2-4H3,(H,31,38)(H,32,33,34)/b6-5-,20-7+. The SMILES string of the molecule is C=C(/C=C\C=C(/C)Oc1nc(Nc2ccc(N3CCN(C)CC3)c(F)c2)nc2c1ccn2C1CC1)NC(C)=O. The Kier molecular flexibility index (Phi) is 7.65. The fourth-order valence-corrected chi connectivity index (χ4v) is 4.56. The monoisotopic (exact) mass is 531 g/mol. The Balaban J connectivity index is 1.38. The summed E-state index contributed by atoms with van der Waals surface area (Å²) in [6.07, 6.45) is 9.40. The highest BCUT2D eigenvalue weighted by atomic mass is 19.1. The summed E-state index contributed by atoms with van der Waals surface area (Å²) in [4.78, 5) is 24.9. The number of likely N-dealkylation sites (N-methyl/N-ethyl adjacent to an activating group) is 1. The molecule has 2 aromatic heterocycles. The molecule has 204 valence electrons. The molecule has 5 rings (SSSR count). The minimum Gasteiger partial charge on any atom is -0.443 e. The average Bonchev–Trinajstić information content (AvgIpc) is 3.63. The quantitative estimate of drug-likeness (QED) is 0.300. The number of ether oxygens (including phenoxy) is 1. The van der Waals surface area contributed by atoms with Crippen LogP contribution in [0.1, 0.15) is 32.7 Å². The molecule has 1 amide bonds. The third-order valence-electron chi connectivity index (χ3n) is 6.75. The molecule has 39 heavy (non-hydrogen) atoms. The van der Waals surface area contributed by atoms with Crippen LogP contribution in [0.15, 0.2) is 66.7 Å². The number of anilines is 3. The normalized spacial score (nSPS) is 16.6. The molecule has 1 saturated heterocycles. The zero-order valence-corrected chi connectivity index (χ0v) is 22.6. The minimum absolute atomic E-state index is 0.181. The van der Waals surface area contributed by atoms with Crippen molar-refractivity contribution in [1.82, 2.24) is 24.8 Å². The maximum absolute atomic E-state index is 15.1. The lowest BCUT2D eigenvalue weighted by Crippen LogP contribution is -2.44. The van der Waals surface area contributed by atoms with E-state index < -0.39 is 0 Å². The molecule has 1 aliphatic heterocycles. The van der Waals surface area contributed by atoms with E-state index in [1.807, 2.05) is 25.3 Å². The number of rotatable bonds is 9. The van der Waals surface area contributed by atoms with Crippen molar-refractivity contribution in [3.05, 3.63) is 72.5 Å². The zero-order valence-electron chi connectivity index (χ0n) is 22.6. The molecule has 0 atom stereocenters. The molecule has 2 fully saturated rings. The van der Waals surface area contributed by atoms with Crippen LogP contribution in [0.25, 0.3) is 11.0 Å². The largest absolute Gasteiger partial charge is 0.443 e. The van der Waals surface area contributed by atoms with E-state index in [2.05, 4.69) is 43.6 Å². The average molecular weight is 532 g/mol. The van der Waals surface area contributed by atoms with Gasteiger partial charge in [0.2, 0.25) is 17.7 Å². The van der Waals surface area contributed by atoms with Crippen LogP contribution in [0.2, 0.25) is 0 Å². The van der Waals surface area contributed by atoms with Gasteiger partial charge >= 0.3 is 0 Å². The van der Waals surface area contributed by atoms with Gasteiger partial charge in [-0.15, -0.1) is 0 Å². The summed E-state index contributed by atoms with van der Waals surface area (Å²) in [6.45, 7) is 10.4. The van der Waals surface area contributed by atoms with Gasteiger partial charge in [-0.2, -0.15) is 9.97 Å². The van der Waals surface area contributed by atoms with Gasteiger partial charge in [-0.25, -0.2) is 4.39 Å². The van der Waals surface area contributed by atoms with Gasteiger partial charge in [0.15, 0.2) is 0 Å². The third-order valence-corrected chi connectivity index (χ3v) is 6.75. The molecule has 9 nitrogen and oxygen atoms in total. The molecule has 10 heteroatoms. The van der Waals surface area contributed by atoms with Gasteiger partial charge in [-0.3, -0.25) is 4.79 Å². The predicted molar refractivity (Wildman–Crippen MR) is 152 cm³/mol. The summed E-state index contributed by atoms with van der Waals surface area (Å²) in [6, 6.07) is 7.51. The maximum atomic E-state index is 15.1. The van der Waals surface area contributed by atoms with Crippen molar-refractivity contribution in [3.8, 4) is 5.88 Å². The number of hydrogen-bond acceptors (Lipinski definition) is 7. The molecular formula is C29H34FN7O2. The number of piperazine rings is 1. The number of nitrogens with one attached hydrogen (secondary N) is 2. The van der Waals surface area contributed by atoms with E-state index in [0.717, 1.165) is 50.1 Å². The summed E-state index contributed by atoms with van der Waals surface area (Å²) >= 11 is 0. The molecule has 0 bridgehead atoms. The lowest BCUT2D eigenvalue weighted by molar-refractivity contribution is -0.118. The van der Waals surface area contributed by atoms with Gasteiger partial charge in [-0.1, -0.05) is 12.7 Å². The second-order valence-electron chi connectivity index (χ2n) is 10.1. The lowest BCUT2D eigenvalue weighted by atomic mass is 10.2. The number of halogens is 1. The summed E-state index contributed by atoms with van der Waals surface area (Å²) < 4.78 is 23.4. The fraction of sp³-hybridized carbons (Fsp3) is 0.345. The lowest BCUT2D eigenvalue weighted by Gasteiger charge is -2.34. The van der Waals surface area contributed by atoms with Gasteiger partial charge in [0.25, 0.3) is 0 Å². The number of hydrogen-bond donors (Lipinski definition) is 2. The number of aromatic nitrogens is 3. The molecule has 1 saturated carbocycles. The molecule has 1 aromatic carbocycles. The molecule has 2 N–H and O–H groups in total. The highest BCUT2D eigenvalue weighted by Gasteiger charge is 2.26. The van der Waals surface area contributed by atoms with Gasteiger partial charge in [0, 0.05) is 56.7 Å². The summed E-state index contributed by atoms with van der Waals surface area (Å²) in [7, 11) is 2.08. The molecule has 0 spiro atoms. The Morgan fingerprint density at radius 3 is 2.62 bits per heavy atom. The Hall–Kier alpha value is -4.18. The van der Waals surface area contributed by atoms with Crippen molar-refractivity contribution < 1.29 is 13.9 Å². The van der Waals surface area contributed by atoms with Crippen molar-refractivity contribution in [2.75, 3.05) is 43.4 Å². The Morgan fingerprint density at radius 1 is 1.15 bits per heavy atom. The van der Waals surface area contributed by atoms with Crippen LogP contribution in [0, 0.1) is 5.82 Å². The van der Waals surface area contributed by atoms with Crippen LogP contribution in [-0.4, -0.2) is 58.6 Å². The second-order valence-corrected chi connectivity index (χ2v) is 10.1. The van der Waals surface area contributed by atoms with Crippen LogP contribution >= 0.6 is 0 Å². The summed E-state index contributed by atoms with van der Waals surface area (Å²) in [5, 5.41) is 6.58. The predicted octanol–water partition coefficient (Wildman–Crippen LogP) is 4.89. The van der Waals surface area contributed by atoms with Crippen LogP contribution in [0.3, 0.4) is 0 Å². The van der Waals surface area contributed by atoms with E-state index in [4.69, 9.17) is 9.72 Å². The van der Waals surface area contributed by atoms with Gasteiger partial charge in [0.1, 0.15) is 17.2 Å². The van der Waals surface area contributed by atoms with Crippen LogP contribution in [-0.2, 0) is 4.79 Å². The topological polar surface area (TPSA) is 87.6 Å². The maximum Gasteiger partial charge on any atom is 0.233 e. The second kappa shape index (κ2) is 11.3. The van der Waals surface area contributed by atoms with Crippen LogP contribution < -0.4 is 20.3 Å². The number of fused-ring (bicyclic) bond motifs is 1. The first-order chi connectivity index (χ1) is 18.8. The molecule has 3 heterocycles. The first-order valence-corrected chi connectivity index (χ1v) is 13.1. The van der Waals surface area contributed by atoms with E-state index in [0.29, 0.717) is 40.7 Å².